The lowest BCUT2D eigenvalue weighted by atomic mass is 10.2. The highest BCUT2D eigenvalue weighted by molar-refractivity contribution is 7.45. The maximum absolute atomic E-state index is 5.12. The molecule has 4 aromatic carbocycles. The average Bonchev–Trinajstić information content (AvgIpc) is 3.51. The van der Waals surface area contributed by atoms with Gasteiger partial charge >= 0.3 is 0 Å². The molecular formula is C34H23N4P. The average molecular weight is 519 g/mol. The van der Waals surface area contributed by atoms with Crippen LogP contribution in [0.1, 0.15) is 0 Å². The fourth-order valence-electron chi connectivity index (χ4n) is 5.66. The van der Waals surface area contributed by atoms with Crippen molar-refractivity contribution in [1.29, 1.82) is 0 Å². The van der Waals surface area contributed by atoms with E-state index in [0.717, 1.165) is 33.7 Å². The zero-order valence-electron chi connectivity index (χ0n) is 21.0. The lowest BCUT2D eigenvalue weighted by Crippen LogP contribution is -2.06. The molecule has 184 valence electrons. The van der Waals surface area contributed by atoms with Crippen molar-refractivity contribution in [2.75, 3.05) is 0 Å². The number of hydrogen-bond acceptors (Lipinski definition) is 2. The van der Waals surface area contributed by atoms with E-state index in [4.69, 9.17) is 9.97 Å². The molecule has 0 N–H and O–H groups in total. The fraction of sp³-hybridized carbons (Fsp3) is 0. The molecule has 39 heavy (non-hydrogen) atoms. The first-order valence-electron chi connectivity index (χ1n) is 13.0. The summed E-state index contributed by atoms with van der Waals surface area (Å²) < 4.78 is 4.64. The molecule has 0 amide bonds. The first-order chi connectivity index (χ1) is 19.3. The lowest BCUT2D eigenvalue weighted by Gasteiger charge is -2.10. The topological polar surface area (TPSA) is 35.6 Å². The molecule has 1 atom stereocenters. The van der Waals surface area contributed by atoms with Gasteiger partial charge in [0.05, 0.1) is 38.9 Å². The highest BCUT2D eigenvalue weighted by atomic mass is 31.1. The summed E-state index contributed by atoms with van der Waals surface area (Å²) in [6.45, 7) is 0. The third-order valence-electron chi connectivity index (χ3n) is 7.36. The van der Waals surface area contributed by atoms with Crippen LogP contribution in [0.4, 0.5) is 0 Å². The van der Waals surface area contributed by atoms with Crippen molar-refractivity contribution in [2.45, 2.75) is 0 Å². The summed E-state index contributed by atoms with van der Waals surface area (Å²) in [7, 11) is 0.372. The molecule has 4 nitrogen and oxygen atoms in total. The van der Waals surface area contributed by atoms with Crippen LogP contribution in [0.3, 0.4) is 0 Å². The van der Waals surface area contributed by atoms with E-state index in [9.17, 15) is 0 Å². The summed E-state index contributed by atoms with van der Waals surface area (Å²) in [6, 6.07) is 46.7. The van der Waals surface area contributed by atoms with Crippen LogP contribution in [0, 0.1) is 0 Å². The molecular weight excluding hydrogens is 495 g/mol. The Bertz CT molecular complexity index is 2070. The van der Waals surface area contributed by atoms with E-state index in [-0.39, 0.29) is 0 Å². The van der Waals surface area contributed by atoms with Crippen LogP contribution in [-0.2, 0) is 0 Å². The first-order valence-corrected chi connectivity index (χ1v) is 14.0. The summed E-state index contributed by atoms with van der Waals surface area (Å²) in [4.78, 5) is 10.2. The SMILES string of the molecule is c1cc(Pn2c3ccccc3c3ccccc32)nc(-c2cccc(-n3c4ccccc4c4ccccc43)n2)c1. The Hall–Kier alpha value is -4.79. The highest BCUT2D eigenvalue weighted by Crippen LogP contribution is 2.35. The quantitative estimate of drug-likeness (QED) is 0.221. The van der Waals surface area contributed by atoms with Gasteiger partial charge in [0.15, 0.2) is 0 Å². The van der Waals surface area contributed by atoms with Gasteiger partial charge in [-0.15, -0.1) is 0 Å². The van der Waals surface area contributed by atoms with E-state index in [1.807, 2.05) is 6.07 Å². The second kappa shape index (κ2) is 8.90. The number of nitrogens with zero attached hydrogens (tertiary/aromatic N) is 4. The third kappa shape index (κ3) is 3.57. The van der Waals surface area contributed by atoms with Crippen molar-refractivity contribution >= 4 is 57.8 Å². The number of pyridine rings is 2. The smallest absolute Gasteiger partial charge is 0.138 e. The molecule has 0 radical (unpaired) electrons. The first kappa shape index (κ1) is 22.2. The van der Waals surface area contributed by atoms with Crippen molar-refractivity contribution in [2.24, 2.45) is 0 Å². The van der Waals surface area contributed by atoms with Crippen LogP contribution in [0.25, 0.3) is 60.8 Å². The molecule has 0 aliphatic carbocycles. The maximum atomic E-state index is 5.12. The van der Waals surface area contributed by atoms with Gasteiger partial charge in [0.1, 0.15) is 5.82 Å². The molecule has 0 spiro atoms. The monoisotopic (exact) mass is 518 g/mol. The van der Waals surface area contributed by atoms with Gasteiger partial charge in [-0.05, 0) is 48.5 Å². The van der Waals surface area contributed by atoms with Crippen LogP contribution >= 0.6 is 8.73 Å². The molecule has 0 saturated heterocycles. The minimum absolute atomic E-state index is 0.372. The molecule has 0 aliphatic rings. The molecule has 0 bridgehead atoms. The van der Waals surface area contributed by atoms with Crippen molar-refractivity contribution in [3.05, 3.63) is 133 Å². The fourth-order valence-corrected chi connectivity index (χ4v) is 6.86. The third-order valence-corrected chi connectivity index (χ3v) is 8.57. The van der Waals surface area contributed by atoms with Gasteiger partial charge < -0.3 is 4.34 Å². The minimum Gasteiger partial charge on any atom is -0.316 e. The molecule has 4 heterocycles. The summed E-state index contributed by atoms with van der Waals surface area (Å²) in [5, 5.41) is 5.01. The van der Waals surface area contributed by atoms with E-state index < -0.39 is 0 Å². The van der Waals surface area contributed by atoms with E-state index in [1.54, 1.807) is 0 Å². The van der Waals surface area contributed by atoms with Crippen molar-refractivity contribution in [3.8, 4) is 17.2 Å². The highest BCUT2D eigenvalue weighted by Gasteiger charge is 2.14. The van der Waals surface area contributed by atoms with Crippen LogP contribution in [0.5, 0.6) is 0 Å². The van der Waals surface area contributed by atoms with Crippen LogP contribution in [0.15, 0.2) is 133 Å². The number of para-hydroxylation sites is 4. The van der Waals surface area contributed by atoms with Gasteiger partial charge in [-0.25, -0.2) is 9.97 Å². The predicted octanol–water partition coefficient (Wildman–Crippen LogP) is 8.12. The summed E-state index contributed by atoms with van der Waals surface area (Å²) in [5.74, 6) is 0.891. The van der Waals surface area contributed by atoms with E-state index in [0.29, 0.717) is 8.73 Å². The Morgan fingerprint density at radius 2 is 0.872 bits per heavy atom. The standard InChI is InChI=1S/C34H23N4P/c1-5-17-29-23(11-1)24-12-2-6-18-30(24)37(29)33-21-9-15-27(35-33)28-16-10-22-34(36-28)39-38-31-19-7-3-13-25(31)26-14-4-8-20-32(26)38/h1-22,39H. The van der Waals surface area contributed by atoms with Gasteiger partial charge in [0.2, 0.25) is 0 Å². The molecule has 4 aromatic heterocycles. The van der Waals surface area contributed by atoms with Crippen molar-refractivity contribution in [3.63, 3.8) is 0 Å². The largest absolute Gasteiger partial charge is 0.316 e. The predicted molar refractivity (Wildman–Crippen MR) is 165 cm³/mol. The number of aromatic nitrogens is 4. The lowest BCUT2D eigenvalue weighted by molar-refractivity contribution is 1.08. The minimum atomic E-state index is 0.372. The number of hydrogen-bond donors (Lipinski definition) is 0. The van der Waals surface area contributed by atoms with Gasteiger partial charge in [-0.1, -0.05) is 84.9 Å². The number of benzene rings is 4. The molecule has 8 rings (SSSR count). The van der Waals surface area contributed by atoms with Gasteiger partial charge in [0, 0.05) is 30.3 Å². The van der Waals surface area contributed by atoms with Crippen molar-refractivity contribution in [1.82, 2.24) is 18.9 Å². The molecule has 0 aliphatic heterocycles. The van der Waals surface area contributed by atoms with Gasteiger partial charge in [-0.3, -0.25) is 4.57 Å². The zero-order chi connectivity index (χ0) is 25.8. The van der Waals surface area contributed by atoms with Crippen LogP contribution < -0.4 is 5.44 Å². The Morgan fingerprint density at radius 3 is 1.46 bits per heavy atom. The Kier molecular flexibility index (Phi) is 5.07. The van der Waals surface area contributed by atoms with E-state index in [1.165, 1.54) is 32.6 Å². The normalized spacial score (nSPS) is 12.0. The summed E-state index contributed by atoms with van der Waals surface area (Å²) in [6.07, 6.45) is 0. The van der Waals surface area contributed by atoms with Gasteiger partial charge in [0.25, 0.3) is 0 Å². The molecule has 0 fully saturated rings. The number of rotatable bonds is 4. The molecule has 5 heteroatoms. The second-order valence-electron chi connectivity index (χ2n) is 9.64. The van der Waals surface area contributed by atoms with E-state index in [2.05, 4.69) is 136 Å². The second-order valence-corrected chi connectivity index (χ2v) is 10.8. The Morgan fingerprint density at radius 1 is 0.410 bits per heavy atom. The van der Waals surface area contributed by atoms with Crippen LogP contribution in [-0.4, -0.2) is 18.9 Å². The summed E-state index contributed by atoms with van der Waals surface area (Å²) >= 11 is 0. The number of fused-ring (bicyclic) bond motifs is 6. The molecule has 1 unspecified atom stereocenters. The van der Waals surface area contributed by atoms with E-state index >= 15 is 0 Å². The summed E-state index contributed by atoms with van der Waals surface area (Å²) in [5.41, 5.74) is 7.54. The maximum Gasteiger partial charge on any atom is 0.138 e. The zero-order valence-corrected chi connectivity index (χ0v) is 22.0. The Labute approximate surface area is 227 Å². The Balaban J connectivity index is 1.23. The molecule has 8 aromatic rings. The van der Waals surface area contributed by atoms with Crippen molar-refractivity contribution < 1.29 is 0 Å². The molecule has 0 saturated carbocycles. The van der Waals surface area contributed by atoms with Gasteiger partial charge in [-0.2, -0.15) is 0 Å². The van der Waals surface area contributed by atoms with Crippen LogP contribution in [0.2, 0.25) is 0 Å².